The monoisotopic (exact) mass is 376 g/mol. The molecule has 1 saturated heterocycles. The van der Waals surface area contributed by atoms with Gasteiger partial charge in [-0.1, -0.05) is 13.8 Å². The highest BCUT2D eigenvalue weighted by Crippen LogP contribution is 2.29. The summed E-state index contributed by atoms with van der Waals surface area (Å²) in [5.41, 5.74) is 0.994. The summed E-state index contributed by atoms with van der Waals surface area (Å²) in [6, 6.07) is 4.16. The molecule has 1 fully saturated rings. The molecule has 7 heteroatoms. The Morgan fingerprint density at radius 2 is 2.00 bits per heavy atom. The number of aromatic amines is 1. The molecule has 1 aliphatic rings. The van der Waals surface area contributed by atoms with E-state index in [9.17, 15) is 14.0 Å². The van der Waals surface area contributed by atoms with Gasteiger partial charge in [0.25, 0.3) is 5.91 Å². The maximum absolute atomic E-state index is 13.7. The third-order valence-electron chi connectivity index (χ3n) is 4.99. The first-order chi connectivity index (χ1) is 12.9. The van der Waals surface area contributed by atoms with Gasteiger partial charge in [-0.2, -0.15) is 0 Å². The van der Waals surface area contributed by atoms with Crippen LogP contribution in [0.3, 0.4) is 0 Å². The van der Waals surface area contributed by atoms with Crippen molar-refractivity contribution in [3.05, 3.63) is 29.7 Å². The SMILES string of the molecule is CCOC(=O)c1[nH]c2ccc(F)cc2c1NC(=O)C[NH+]1C[C@H](C)C[C@H](C)C1. The van der Waals surface area contributed by atoms with E-state index in [1.165, 1.54) is 23.5 Å². The summed E-state index contributed by atoms with van der Waals surface area (Å²) in [6.07, 6.45) is 1.18. The Morgan fingerprint density at radius 1 is 1.30 bits per heavy atom. The number of amides is 1. The minimum absolute atomic E-state index is 0.140. The molecule has 3 N–H and O–H groups in total. The molecule has 0 bridgehead atoms. The summed E-state index contributed by atoms with van der Waals surface area (Å²) >= 11 is 0. The third-order valence-corrected chi connectivity index (χ3v) is 4.99. The lowest BCUT2D eigenvalue weighted by Gasteiger charge is -2.31. The van der Waals surface area contributed by atoms with E-state index < -0.39 is 11.8 Å². The topological polar surface area (TPSA) is 75.6 Å². The zero-order chi connectivity index (χ0) is 19.6. The minimum atomic E-state index is -0.572. The van der Waals surface area contributed by atoms with E-state index >= 15 is 0 Å². The van der Waals surface area contributed by atoms with Gasteiger partial charge in [-0.05, 0) is 31.5 Å². The minimum Gasteiger partial charge on any atom is -0.461 e. The molecule has 1 amide bonds. The molecule has 0 radical (unpaired) electrons. The summed E-state index contributed by atoms with van der Waals surface area (Å²) in [5.74, 6) is -0.0432. The van der Waals surface area contributed by atoms with E-state index in [0.717, 1.165) is 13.1 Å². The van der Waals surface area contributed by atoms with Gasteiger partial charge in [-0.15, -0.1) is 0 Å². The molecule has 1 aliphatic heterocycles. The number of carbonyl (C=O) groups excluding carboxylic acids is 2. The number of esters is 1. The first kappa shape index (κ1) is 19.4. The maximum atomic E-state index is 13.7. The lowest BCUT2D eigenvalue weighted by Crippen LogP contribution is -3.15. The first-order valence-electron chi connectivity index (χ1n) is 9.49. The molecule has 1 aromatic heterocycles. The zero-order valence-corrected chi connectivity index (χ0v) is 16.0. The Morgan fingerprint density at radius 3 is 2.67 bits per heavy atom. The summed E-state index contributed by atoms with van der Waals surface area (Å²) < 4.78 is 18.8. The molecular formula is C20H27FN3O3+. The highest BCUT2D eigenvalue weighted by Gasteiger charge is 2.28. The fraction of sp³-hybridized carbons (Fsp3) is 0.500. The zero-order valence-electron chi connectivity index (χ0n) is 16.0. The van der Waals surface area contributed by atoms with E-state index in [1.54, 1.807) is 13.0 Å². The van der Waals surface area contributed by atoms with Crippen LogP contribution < -0.4 is 10.2 Å². The van der Waals surface area contributed by atoms with Crippen molar-refractivity contribution < 1.29 is 23.6 Å². The second-order valence-electron chi connectivity index (χ2n) is 7.61. The van der Waals surface area contributed by atoms with Crippen LogP contribution in [0.1, 0.15) is 37.7 Å². The van der Waals surface area contributed by atoms with Crippen molar-refractivity contribution in [3.8, 4) is 0 Å². The maximum Gasteiger partial charge on any atom is 0.356 e. The quantitative estimate of drug-likeness (QED) is 0.699. The number of carbonyl (C=O) groups is 2. The van der Waals surface area contributed by atoms with Crippen LogP contribution in [0.25, 0.3) is 10.9 Å². The highest BCUT2D eigenvalue weighted by molar-refractivity contribution is 6.11. The standard InChI is InChI=1S/C20H26FN3O3/c1-4-27-20(26)19-18(15-8-14(21)5-6-16(15)22-19)23-17(25)11-24-9-12(2)7-13(3)10-24/h5-6,8,12-13,22H,4,7,9-11H2,1-3H3,(H,23,25)/p+1/t12-,13+. The molecule has 0 aliphatic carbocycles. The van der Waals surface area contributed by atoms with Crippen molar-refractivity contribution in [1.82, 2.24) is 4.98 Å². The summed E-state index contributed by atoms with van der Waals surface area (Å²) in [7, 11) is 0. The van der Waals surface area contributed by atoms with E-state index in [4.69, 9.17) is 4.74 Å². The summed E-state index contributed by atoms with van der Waals surface area (Å²) in [5, 5.41) is 3.28. The Kier molecular flexibility index (Phi) is 5.79. The van der Waals surface area contributed by atoms with Crippen LogP contribution in [0.2, 0.25) is 0 Å². The van der Waals surface area contributed by atoms with Crippen LogP contribution >= 0.6 is 0 Å². The molecule has 27 heavy (non-hydrogen) atoms. The van der Waals surface area contributed by atoms with Crippen LogP contribution in [0, 0.1) is 17.7 Å². The molecular weight excluding hydrogens is 349 g/mol. The number of H-pyrrole nitrogens is 1. The summed E-state index contributed by atoms with van der Waals surface area (Å²) in [6.45, 7) is 8.54. The Balaban J connectivity index is 1.83. The van der Waals surface area contributed by atoms with Gasteiger partial charge in [0, 0.05) is 22.7 Å². The van der Waals surface area contributed by atoms with Gasteiger partial charge in [-0.3, -0.25) is 4.79 Å². The molecule has 1 aromatic carbocycles. The fourth-order valence-electron chi connectivity index (χ4n) is 4.13. The first-order valence-corrected chi connectivity index (χ1v) is 9.49. The number of piperidine rings is 1. The van der Waals surface area contributed by atoms with Gasteiger partial charge in [-0.25, -0.2) is 9.18 Å². The number of hydrogen-bond acceptors (Lipinski definition) is 3. The van der Waals surface area contributed by atoms with E-state index in [0.29, 0.717) is 29.3 Å². The fourth-order valence-corrected chi connectivity index (χ4v) is 4.13. The second kappa shape index (κ2) is 8.08. The van der Waals surface area contributed by atoms with Crippen molar-refractivity contribution in [3.63, 3.8) is 0 Å². The van der Waals surface area contributed by atoms with Gasteiger partial charge in [0.2, 0.25) is 0 Å². The van der Waals surface area contributed by atoms with Crippen LogP contribution in [0.15, 0.2) is 18.2 Å². The lowest BCUT2D eigenvalue weighted by molar-refractivity contribution is -0.904. The second-order valence-corrected chi connectivity index (χ2v) is 7.61. The van der Waals surface area contributed by atoms with Gasteiger partial charge < -0.3 is 19.9 Å². The summed E-state index contributed by atoms with van der Waals surface area (Å²) in [4.78, 5) is 29.1. The Labute approximate surface area is 158 Å². The van der Waals surface area contributed by atoms with Gasteiger partial charge >= 0.3 is 5.97 Å². The third kappa shape index (κ3) is 4.47. The number of likely N-dealkylation sites (tertiary alicyclic amines) is 1. The number of fused-ring (bicyclic) bond motifs is 1. The lowest BCUT2D eigenvalue weighted by atomic mass is 9.92. The largest absolute Gasteiger partial charge is 0.461 e. The van der Waals surface area contributed by atoms with E-state index in [1.807, 2.05) is 0 Å². The molecule has 1 unspecified atom stereocenters. The normalized spacial score (nSPS) is 22.6. The van der Waals surface area contributed by atoms with Crippen LogP contribution in [0.4, 0.5) is 10.1 Å². The van der Waals surface area contributed by atoms with Crippen molar-refractivity contribution in [2.45, 2.75) is 27.2 Å². The van der Waals surface area contributed by atoms with Crippen LogP contribution in [-0.2, 0) is 9.53 Å². The Hall–Kier alpha value is -2.41. The number of quaternary nitrogens is 1. The molecule has 2 heterocycles. The smallest absolute Gasteiger partial charge is 0.356 e. The molecule has 3 rings (SSSR count). The van der Waals surface area contributed by atoms with Crippen molar-refractivity contribution in [2.24, 2.45) is 11.8 Å². The number of hydrogen-bond donors (Lipinski definition) is 3. The van der Waals surface area contributed by atoms with Crippen LogP contribution in [-0.4, -0.2) is 43.1 Å². The molecule has 3 atom stereocenters. The predicted molar refractivity (Wildman–Crippen MR) is 101 cm³/mol. The number of rotatable bonds is 5. The molecule has 0 saturated carbocycles. The number of ether oxygens (including phenoxy) is 1. The van der Waals surface area contributed by atoms with Gasteiger partial charge in [0.1, 0.15) is 11.5 Å². The number of anilines is 1. The van der Waals surface area contributed by atoms with Crippen molar-refractivity contribution in [1.29, 1.82) is 0 Å². The number of nitrogens with one attached hydrogen (secondary N) is 3. The van der Waals surface area contributed by atoms with Gasteiger partial charge in [0.15, 0.2) is 6.54 Å². The predicted octanol–water partition coefficient (Wildman–Crippen LogP) is 1.98. The number of halogens is 1. The Bertz CT molecular complexity index is 838. The molecule has 6 nitrogen and oxygen atoms in total. The van der Waals surface area contributed by atoms with Crippen molar-refractivity contribution >= 4 is 28.5 Å². The number of aromatic nitrogens is 1. The average molecular weight is 376 g/mol. The molecule has 2 aromatic rings. The van der Waals surface area contributed by atoms with Crippen molar-refractivity contribution in [2.75, 3.05) is 31.6 Å². The van der Waals surface area contributed by atoms with E-state index in [2.05, 4.69) is 24.1 Å². The molecule has 146 valence electrons. The average Bonchev–Trinajstić information content (AvgIpc) is 2.92. The van der Waals surface area contributed by atoms with Gasteiger partial charge in [0.05, 0.1) is 25.4 Å². The highest BCUT2D eigenvalue weighted by atomic mass is 19.1. The molecule has 0 spiro atoms. The number of benzene rings is 1. The van der Waals surface area contributed by atoms with E-state index in [-0.39, 0.29) is 23.9 Å². The van der Waals surface area contributed by atoms with Crippen LogP contribution in [0.5, 0.6) is 0 Å².